The number of hydrogen-bond acceptors (Lipinski definition) is 4. The van der Waals surface area contributed by atoms with Crippen LogP contribution in [0.25, 0.3) is 0 Å². The highest BCUT2D eigenvalue weighted by Crippen LogP contribution is 2.29. The lowest BCUT2D eigenvalue weighted by atomic mass is 10.0. The topological polar surface area (TPSA) is 81.5 Å². The fourth-order valence-corrected chi connectivity index (χ4v) is 1.43. The van der Waals surface area contributed by atoms with Crippen molar-refractivity contribution < 1.29 is 9.84 Å². The van der Waals surface area contributed by atoms with E-state index in [0.29, 0.717) is 12.3 Å². The van der Waals surface area contributed by atoms with Gasteiger partial charge in [-0.2, -0.15) is 0 Å². The smallest absolute Gasteiger partial charge is 0.160 e. The first-order chi connectivity index (χ1) is 7.19. The predicted octanol–water partition coefficient (Wildman–Crippen LogP) is 1.56. The second-order valence-corrected chi connectivity index (χ2v) is 3.47. The average Bonchev–Trinajstić information content (AvgIpc) is 2.26. The molecule has 0 aromatic heterocycles. The van der Waals surface area contributed by atoms with Gasteiger partial charge in [-0.3, -0.25) is 0 Å². The lowest BCUT2D eigenvalue weighted by molar-refractivity contribution is 0.372. The maximum Gasteiger partial charge on any atom is 0.160 e. The molecular weight excluding hydrogens is 228 g/mol. The Balaban J connectivity index is 0.00000225. The second-order valence-electron chi connectivity index (χ2n) is 3.47. The van der Waals surface area contributed by atoms with Gasteiger partial charge in [0.2, 0.25) is 0 Å². The third-order valence-corrected chi connectivity index (χ3v) is 2.35. The highest BCUT2D eigenvalue weighted by Gasteiger charge is 2.08. The molecule has 0 heterocycles. The van der Waals surface area contributed by atoms with Crippen LogP contribution >= 0.6 is 12.4 Å². The average molecular weight is 247 g/mol. The van der Waals surface area contributed by atoms with Gasteiger partial charge in [0, 0.05) is 6.04 Å². The van der Waals surface area contributed by atoms with Gasteiger partial charge in [-0.15, -0.1) is 12.4 Å². The Morgan fingerprint density at radius 1 is 1.44 bits per heavy atom. The first kappa shape index (κ1) is 15.0. The largest absolute Gasteiger partial charge is 0.504 e. The van der Waals surface area contributed by atoms with Crippen molar-refractivity contribution in [1.82, 2.24) is 0 Å². The van der Waals surface area contributed by atoms with Crippen molar-refractivity contribution >= 4 is 12.4 Å². The van der Waals surface area contributed by atoms with Gasteiger partial charge >= 0.3 is 0 Å². The number of aromatic hydroxyl groups is 1. The lowest BCUT2D eigenvalue weighted by Gasteiger charge is -2.13. The minimum atomic E-state index is -0.0527. The molecule has 0 saturated carbocycles. The van der Waals surface area contributed by atoms with Crippen LogP contribution in [0.1, 0.15) is 24.4 Å². The Bertz CT molecular complexity index is 321. The molecule has 1 rings (SSSR count). The first-order valence-electron chi connectivity index (χ1n) is 5.01. The van der Waals surface area contributed by atoms with Crippen LogP contribution in [0.5, 0.6) is 11.5 Å². The number of rotatable bonds is 5. The molecule has 1 aromatic carbocycles. The molecule has 0 amide bonds. The van der Waals surface area contributed by atoms with Gasteiger partial charge in [0.25, 0.3) is 0 Å². The highest BCUT2D eigenvalue weighted by molar-refractivity contribution is 5.85. The molecule has 0 aliphatic carbocycles. The van der Waals surface area contributed by atoms with Crippen LogP contribution in [0.4, 0.5) is 0 Å². The molecule has 0 aliphatic heterocycles. The molecule has 0 bridgehead atoms. The van der Waals surface area contributed by atoms with Gasteiger partial charge in [0.15, 0.2) is 11.5 Å². The van der Waals surface area contributed by atoms with Crippen molar-refractivity contribution in [2.24, 2.45) is 11.5 Å². The normalized spacial score (nSPS) is 11.7. The summed E-state index contributed by atoms with van der Waals surface area (Å²) < 4.78 is 5.01. The molecule has 16 heavy (non-hydrogen) atoms. The Morgan fingerprint density at radius 2 is 2.12 bits per heavy atom. The van der Waals surface area contributed by atoms with E-state index in [2.05, 4.69) is 0 Å². The van der Waals surface area contributed by atoms with Crippen LogP contribution in [0.2, 0.25) is 0 Å². The van der Waals surface area contributed by atoms with E-state index in [1.807, 2.05) is 0 Å². The van der Waals surface area contributed by atoms with E-state index in [1.54, 1.807) is 18.2 Å². The van der Waals surface area contributed by atoms with Crippen molar-refractivity contribution in [3.8, 4) is 11.5 Å². The van der Waals surface area contributed by atoms with Crippen molar-refractivity contribution in [3.63, 3.8) is 0 Å². The van der Waals surface area contributed by atoms with Gasteiger partial charge in [-0.25, -0.2) is 0 Å². The van der Waals surface area contributed by atoms with Crippen molar-refractivity contribution in [2.45, 2.75) is 18.9 Å². The summed E-state index contributed by atoms with van der Waals surface area (Å²) in [6.07, 6.45) is 1.73. The zero-order chi connectivity index (χ0) is 11.3. The SMILES string of the molecule is COc1cc([C@H](N)CCCN)ccc1O.Cl. The Labute approximate surface area is 102 Å². The molecule has 5 N–H and O–H groups in total. The molecule has 0 aliphatic rings. The zero-order valence-electron chi connectivity index (χ0n) is 9.35. The van der Waals surface area contributed by atoms with E-state index in [1.165, 1.54) is 7.11 Å². The number of halogens is 1. The number of phenolic OH excluding ortho intramolecular Hbond substituents is 1. The van der Waals surface area contributed by atoms with Gasteiger partial charge in [0.1, 0.15) is 0 Å². The van der Waals surface area contributed by atoms with E-state index < -0.39 is 0 Å². The molecule has 92 valence electrons. The monoisotopic (exact) mass is 246 g/mol. The van der Waals surface area contributed by atoms with E-state index in [9.17, 15) is 5.11 Å². The molecule has 0 fully saturated rings. The molecule has 1 aromatic rings. The molecular formula is C11H19ClN2O2. The van der Waals surface area contributed by atoms with Gasteiger partial charge < -0.3 is 21.3 Å². The third kappa shape index (κ3) is 3.89. The number of nitrogens with two attached hydrogens (primary N) is 2. The summed E-state index contributed by atoms with van der Waals surface area (Å²) in [4.78, 5) is 0. The van der Waals surface area contributed by atoms with Gasteiger partial charge in [-0.05, 0) is 37.1 Å². The van der Waals surface area contributed by atoms with Crippen molar-refractivity contribution in [2.75, 3.05) is 13.7 Å². The molecule has 5 heteroatoms. The maximum atomic E-state index is 9.41. The molecule has 0 unspecified atom stereocenters. The summed E-state index contributed by atoms with van der Waals surface area (Å²) in [6, 6.07) is 5.11. The fraction of sp³-hybridized carbons (Fsp3) is 0.455. The van der Waals surface area contributed by atoms with Crippen molar-refractivity contribution in [1.29, 1.82) is 0 Å². The third-order valence-electron chi connectivity index (χ3n) is 2.35. The van der Waals surface area contributed by atoms with E-state index >= 15 is 0 Å². The number of ether oxygens (including phenoxy) is 1. The first-order valence-corrected chi connectivity index (χ1v) is 5.01. The maximum absolute atomic E-state index is 9.41. The number of benzene rings is 1. The van der Waals surface area contributed by atoms with E-state index in [0.717, 1.165) is 18.4 Å². The van der Waals surface area contributed by atoms with E-state index in [4.69, 9.17) is 16.2 Å². The standard InChI is InChI=1S/C11H18N2O2.ClH/c1-15-11-7-8(4-5-10(11)14)9(13)3-2-6-12;/h4-5,7,9,14H,2-3,6,12-13H2,1H3;1H/t9-;/m1./s1. The molecule has 1 atom stereocenters. The van der Waals surface area contributed by atoms with Crippen LogP contribution in [0, 0.1) is 0 Å². The zero-order valence-corrected chi connectivity index (χ0v) is 10.2. The summed E-state index contributed by atoms with van der Waals surface area (Å²) in [7, 11) is 1.52. The van der Waals surface area contributed by atoms with Crippen LogP contribution < -0.4 is 16.2 Å². The Morgan fingerprint density at radius 3 is 2.69 bits per heavy atom. The summed E-state index contributed by atoms with van der Waals surface area (Å²) in [5.74, 6) is 0.586. The number of methoxy groups -OCH3 is 1. The van der Waals surface area contributed by atoms with E-state index in [-0.39, 0.29) is 24.2 Å². The Hall–Kier alpha value is -0.970. The molecule has 0 radical (unpaired) electrons. The summed E-state index contributed by atoms with van der Waals surface area (Å²) in [5.41, 5.74) is 12.3. The van der Waals surface area contributed by atoms with Crippen LogP contribution in [0.15, 0.2) is 18.2 Å². The number of phenols is 1. The number of hydrogen-bond donors (Lipinski definition) is 3. The summed E-state index contributed by atoms with van der Waals surface area (Å²) in [6.45, 7) is 0.642. The highest BCUT2D eigenvalue weighted by atomic mass is 35.5. The van der Waals surface area contributed by atoms with Crippen LogP contribution in [0.3, 0.4) is 0 Å². The fourth-order valence-electron chi connectivity index (χ4n) is 1.43. The summed E-state index contributed by atoms with van der Waals surface area (Å²) >= 11 is 0. The second kappa shape index (κ2) is 7.33. The quantitative estimate of drug-likeness (QED) is 0.737. The van der Waals surface area contributed by atoms with Gasteiger partial charge in [-0.1, -0.05) is 6.07 Å². The predicted molar refractivity (Wildman–Crippen MR) is 67.1 cm³/mol. The van der Waals surface area contributed by atoms with Crippen LogP contribution in [-0.4, -0.2) is 18.8 Å². The van der Waals surface area contributed by atoms with Gasteiger partial charge in [0.05, 0.1) is 7.11 Å². The molecule has 4 nitrogen and oxygen atoms in total. The Kier molecular flexibility index (Phi) is 6.88. The summed E-state index contributed by atoms with van der Waals surface area (Å²) in [5, 5.41) is 9.41. The minimum absolute atomic E-state index is 0. The molecule has 0 spiro atoms. The molecule has 0 saturated heterocycles. The lowest BCUT2D eigenvalue weighted by Crippen LogP contribution is -2.12. The minimum Gasteiger partial charge on any atom is -0.504 e. The van der Waals surface area contributed by atoms with Crippen molar-refractivity contribution in [3.05, 3.63) is 23.8 Å². The van der Waals surface area contributed by atoms with Crippen LogP contribution in [-0.2, 0) is 0 Å².